The van der Waals surface area contributed by atoms with Crippen molar-refractivity contribution in [3.63, 3.8) is 0 Å². The second-order valence-corrected chi connectivity index (χ2v) is 9.63. The van der Waals surface area contributed by atoms with Crippen LogP contribution in [0.1, 0.15) is 37.4 Å². The SMILES string of the molecule is COCC(C)(O)C[C@@]1(c2ccccc2)C=CN([C@@H](C)c2ccc(-c3ccn(C)c(=O)c3)cc2)CO1. The third kappa shape index (κ3) is 5.56. The van der Waals surface area contributed by atoms with Gasteiger partial charge in [0.2, 0.25) is 0 Å². The molecule has 0 saturated carbocycles. The number of benzene rings is 2. The van der Waals surface area contributed by atoms with E-state index in [1.54, 1.807) is 37.9 Å². The fraction of sp³-hybridized carbons (Fsp3) is 0.345. The van der Waals surface area contributed by atoms with E-state index in [-0.39, 0.29) is 18.2 Å². The van der Waals surface area contributed by atoms with Crippen molar-refractivity contribution >= 4 is 0 Å². The summed E-state index contributed by atoms with van der Waals surface area (Å²) in [5.41, 5.74) is 2.24. The van der Waals surface area contributed by atoms with Crippen LogP contribution < -0.4 is 5.56 Å². The summed E-state index contributed by atoms with van der Waals surface area (Å²) in [5.74, 6) is 0. The Morgan fingerprint density at radius 2 is 1.83 bits per heavy atom. The highest BCUT2D eigenvalue weighted by molar-refractivity contribution is 5.63. The molecule has 3 aromatic rings. The van der Waals surface area contributed by atoms with Crippen molar-refractivity contribution in [1.29, 1.82) is 0 Å². The van der Waals surface area contributed by atoms with Crippen LogP contribution in [0.25, 0.3) is 11.1 Å². The van der Waals surface area contributed by atoms with Crippen LogP contribution in [0.2, 0.25) is 0 Å². The average Bonchev–Trinajstić information content (AvgIpc) is 2.86. The Bertz CT molecular complexity index is 1220. The highest BCUT2D eigenvalue weighted by Gasteiger charge is 2.41. The van der Waals surface area contributed by atoms with Gasteiger partial charge in [0.05, 0.1) is 18.2 Å². The van der Waals surface area contributed by atoms with Crippen LogP contribution in [0.3, 0.4) is 0 Å². The maximum absolute atomic E-state index is 12.0. The zero-order valence-corrected chi connectivity index (χ0v) is 20.8. The zero-order valence-electron chi connectivity index (χ0n) is 20.8. The van der Waals surface area contributed by atoms with Gasteiger partial charge in [-0.05, 0) is 48.2 Å². The van der Waals surface area contributed by atoms with E-state index in [1.165, 1.54) is 0 Å². The summed E-state index contributed by atoms with van der Waals surface area (Å²) in [7, 11) is 3.34. The number of hydrogen-bond acceptors (Lipinski definition) is 5. The fourth-order valence-corrected chi connectivity index (χ4v) is 4.65. The molecule has 1 unspecified atom stereocenters. The molecule has 0 amide bonds. The second-order valence-electron chi connectivity index (χ2n) is 9.63. The third-order valence-electron chi connectivity index (χ3n) is 6.70. The van der Waals surface area contributed by atoms with Gasteiger partial charge in [-0.1, -0.05) is 54.6 Å². The Balaban J connectivity index is 1.55. The maximum atomic E-state index is 12.0. The minimum Gasteiger partial charge on any atom is -0.388 e. The molecule has 6 nitrogen and oxygen atoms in total. The molecule has 0 aliphatic carbocycles. The van der Waals surface area contributed by atoms with Crippen molar-refractivity contribution in [1.82, 2.24) is 9.47 Å². The number of aryl methyl sites for hydroxylation is 1. The van der Waals surface area contributed by atoms with Gasteiger partial charge in [-0.2, -0.15) is 0 Å². The van der Waals surface area contributed by atoms with E-state index in [0.29, 0.717) is 13.2 Å². The maximum Gasteiger partial charge on any atom is 0.250 e. The van der Waals surface area contributed by atoms with Crippen LogP contribution >= 0.6 is 0 Å². The van der Waals surface area contributed by atoms with Crippen molar-refractivity contribution in [3.8, 4) is 11.1 Å². The predicted molar refractivity (Wildman–Crippen MR) is 138 cm³/mol. The third-order valence-corrected chi connectivity index (χ3v) is 6.70. The number of aliphatic hydroxyl groups is 1. The molecule has 0 radical (unpaired) electrons. The summed E-state index contributed by atoms with van der Waals surface area (Å²) in [5, 5.41) is 10.9. The van der Waals surface area contributed by atoms with E-state index < -0.39 is 11.2 Å². The van der Waals surface area contributed by atoms with Gasteiger partial charge in [-0.25, -0.2) is 0 Å². The summed E-state index contributed by atoms with van der Waals surface area (Å²) in [6.45, 7) is 4.51. The number of ether oxygens (including phenoxy) is 2. The molecule has 2 aromatic carbocycles. The van der Waals surface area contributed by atoms with Crippen molar-refractivity contribution in [2.24, 2.45) is 7.05 Å². The van der Waals surface area contributed by atoms with Gasteiger partial charge in [0.1, 0.15) is 12.3 Å². The van der Waals surface area contributed by atoms with Gasteiger partial charge >= 0.3 is 0 Å². The Labute approximate surface area is 207 Å². The minimum atomic E-state index is -1.04. The van der Waals surface area contributed by atoms with E-state index in [0.717, 1.165) is 22.3 Å². The molecule has 184 valence electrons. The molecule has 1 N–H and O–H groups in total. The van der Waals surface area contributed by atoms with Crippen molar-refractivity contribution < 1.29 is 14.6 Å². The van der Waals surface area contributed by atoms with Gasteiger partial charge in [0.15, 0.2) is 0 Å². The molecular weight excluding hydrogens is 440 g/mol. The predicted octanol–water partition coefficient (Wildman–Crippen LogP) is 4.60. The van der Waals surface area contributed by atoms with Crippen molar-refractivity contribution in [2.75, 3.05) is 20.4 Å². The smallest absolute Gasteiger partial charge is 0.250 e. The van der Waals surface area contributed by atoms with Crippen LogP contribution in [0.15, 0.2) is 90.0 Å². The molecule has 1 aromatic heterocycles. The number of rotatable bonds is 8. The van der Waals surface area contributed by atoms with Crippen LogP contribution in [0.4, 0.5) is 0 Å². The molecule has 1 aliphatic rings. The van der Waals surface area contributed by atoms with E-state index in [1.807, 2.05) is 54.6 Å². The summed E-state index contributed by atoms with van der Waals surface area (Å²) >= 11 is 0. The van der Waals surface area contributed by atoms with E-state index in [2.05, 4.69) is 30.2 Å². The molecular formula is C29H34N2O4. The Morgan fingerprint density at radius 1 is 1.11 bits per heavy atom. The number of methoxy groups -OCH3 is 1. The average molecular weight is 475 g/mol. The first-order chi connectivity index (χ1) is 16.7. The summed E-state index contributed by atoms with van der Waals surface area (Å²) in [6, 6.07) is 22.0. The van der Waals surface area contributed by atoms with Crippen molar-refractivity contribution in [2.45, 2.75) is 37.5 Å². The molecule has 6 heteroatoms. The van der Waals surface area contributed by atoms with Gasteiger partial charge in [-0.3, -0.25) is 4.79 Å². The van der Waals surface area contributed by atoms with E-state index >= 15 is 0 Å². The number of hydrogen-bond donors (Lipinski definition) is 1. The summed E-state index contributed by atoms with van der Waals surface area (Å²) in [4.78, 5) is 14.1. The number of pyridine rings is 1. The molecule has 3 atom stereocenters. The van der Waals surface area contributed by atoms with E-state index in [4.69, 9.17) is 9.47 Å². The normalized spacial score (nSPS) is 20.4. The Kier molecular flexibility index (Phi) is 7.26. The number of aromatic nitrogens is 1. The largest absolute Gasteiger partial charge is 0.388 e. The lowest BCUT2D eigenvalue weighted by molar-refractivity contribution is -0.131. The molecule has 0 saturated heterocycles. The molecule has 0 spiro atoms. The first kappa shape index (κ1) is 24.9. The van der Waals surface area contributed by atoms with Crippen molar-refractivity contribution in [3.05, 3.63) is 107 Å². The van der Waals surface area contributed by atoms with Crippen LogP contribution in [-0.4, -0.2) is 40.6 Å². The lowest BCUT2D eigenvalue weighted by Gasteiger charge is -2.43. The van der Waals surface area contributed by atoms with Crippen LogP contribution in [0, 0.1) is 0 Å². The molecule has 35 heavy (non-hydrogen) atoms. The van der Waals surface area contributed by atoms with E-state index in [9.17, 15) is 9.90 Å². The molecule has 0 bridgehead atoms. The highest BCUT2D eigenvalue weighted by atomic mass is 16.5. The Morgan fingerprint density at radius 3 is 2.43 bits per heavy atom. The van der Waals surface area contributed by atoms with Gasteiger partial charge in [0.25, 0.3) is 5.56 Å². The first-order valence-corrected chi connectivity index (χ1v) is 11.9. The minimum absolute atomic E-state index is 0.0260. The quantitative estimate of drug-likeness (QED) is 0.517. The lowest BCUT2D eigenvalue weighted by atomic mass is 9.82. The number of nitrogens with zero attached hydrogens (tertiary/aromatic N) is 2. The first-order valence-electron chi connectivity index (χ1n) is 11.9. The fourth-order valence-electron chi connectivity index (χ4n) is 4.65. The van der Waals surface area contributed by atoms with Gasteiger partial charge in [-0.15, -0.1) is 0 Å². The zero-order chi connectivity index (χ0) is 25.1. The molecule has 0 fully saturated rings. The standard InChI is InChI=1S/C29H34N2O4/c1-22(23-10-12-24(13-11-23)25-14-16-30(3)27(32)18-25)31-17-15-29(35-21-31,19-28(2,33)20-34-4)26-8-6-5-7-9-26/h5-18,22,33H,19-21H2,1-4H3/t22-,28?,29+/m0/s1. The Hall–Kier alpha value is -3.19. The van der Waals surface area contributed by atoms with Crippen LogP contribution in [-0.2, 0) is 22.1 Å². The highest BCUT2D eigenvalue weighted by Crippen LogP contribution is 2.39. The molecule has 2 heterocycles. The molecule has 4 rings (SSSR count). The monoisotopic (exact) mass is 474 g/mol. The second kappa shape index (κ2) is 10.2. The topological polar surface area (TPSA) is 63.9 Å². The van der Waals surface area contributed by atoms with Gasteiger partial charge in [0, 0.05) is 39.0 Å². The van der Waals surface area contributed by atoms with Crippen LogP contribution in [0.5, 0.6) is 0 Å². The summed E-state index contributed by atoms with van der Waals surface area (Å²) in [6.07, 6.45) is 6.27. The molecule has 1 aliphatic heterocycles. The van der Waals surface area contributed by atoms with Gasteiger partial charge < -0.3 is 24.0 Å². The lowest BCUT2D eigenvalue weighted by Crippen LogP contribution is -2.45. The summed E-state index contributed by atoms with van der Waals surface area (Å²) < 4.78 is 13.3.